The molecule has 1 amide bonds. The van der Waals surface area contributed by atoms with Gasteiger partial charge in [-0.1, -0.05) is 18.2 Å². The van der Waals surface area contributed by atoms with Gasteiger partial charge in [-0.15, -0.1) is 12.4 Å². The quantitative estimate of drug-likeness (QED) is 0.874. The average Bonchev–Trinajstić information content (AvgIpc) is 2.70. The number of halogens is 1. The van der Waals surface area contributed by atoms with Gasteiger partial charge in [0.15, 0.2) is 0 Å². The van der Waals surface area contributed by atoms with Crippen LogP contribution in [0.5, 0.6) is 0 Å². The maximum absolute atomic E-state index is 12.6. The number of hydrogen-bond acceptors (Lipinski definition) is 3. The molecule has 23 heavy (non-hydrogen) atoms. The minimum atomic E-state index is -0.236. The van der Waals surface area contributed by atoms with Gasteiger partial charge in [-0.2, -0.15) is 0 Å². The first kappa shape index (κ1) is 19.0. The van der Waals surface area contributed by atoms with E-state index in [1.165, 1.54) is 4.68 Å². The van der Waals surface area contributed by atoms with Crippen LogP contribution in [0.3, 0.4) is 0 Å². The van der Waals surface area contributed by atoms with E-state index in [0.717, 1.165) is 5.69 Å². The summed E-state index contributed by atoms with van der Waals surface area (Å²) in [5, 5.41) is 2.72. The van der Waals surface area contributed by atoms with Gasteiger partial charge in [-0.25, -0.2) is 4.68 Å². The second-order valence-electron chi connectivity index (χ2n) is 5.50. The molecular formula is C16H23ClN4O2. The van der Waals surface area contributed by atoms with Gasteiger partial charge in [0.2, 0.25) is 5.91 Å². The Bertz CT molecular complexity index is 720. The van der Waals surface area contributed by atoms with E-state index in [1.54, 1.807) is 11.7 Å². The van der Waals surface area contributed by atoms with Crippen molar-refractivity contribution in [2.24, 2.45) is 12.8 Å². The molecule has 0 saturated carbocycles. The summed E-state index contributed by atoms with van der Waals surface area (Å²) in [7, 11) is 1.79. The van der Waals surface area contributed by atoms with Crippen molar-refractivity contribution in [3.05, 3.63) is 46.4 Å². The van der Waals surface area contributed by atoms with Gasteiger partial charge in [0.1, 0.15) is 5.69 Å². The smallest absolute Gasteiger partial charge is 0.295 e. The summed E-state index contributed by atoms with van der Waals surface area (Å²) in [4.78, 5) is 24.5. The van der Waals surface area contributed by atoms with Crippen molar-refractivity contribution in [2.75, 3.05) is 5.32 Å². The van der Waals surface area contributed by atoms with Crippen LogP contribution in [0.1, 0.15) is 25.5 Å². The average molecular weight is 339 g/mol. The van der Waals surface area contributed by atoms with Gasteiger partial charge < -0.3 is 11.1 Å². The number of benzene rings is 1. The number of hydrogen-bond donors (Lipinski definition) is 2. The Morgan fingerprint density at radius 1 is 1.30 bits per heavy atom. The molecule has 0 aliphatic rings. The molecule has 1 unspecified atom stereocenters. The standard InChI is InChI=1S/C16H22N4O2.ClH/c1-11(17)9-10-14(21)18-15-12(2)19(3)20(16(15)22)13-7-5-4-6-8-13;/h4-8,11H,9-10,17H2,1-3H3,(H,18,21);1H. The van der Waals surface area contributed by atoms with E-state index >= 15 is 0 Å². The molecule has 0 spiro atoms. The Labute approximate surface area is 141 Å². The lowest BCUT2D eigenvalue weighted by Gasteiger charge is -2.07. The minimum absolute atomic E-state index is 0. The Balaban J connectivity index is 0.00000264. The Kier molecular flexibility index (Phi) is 6.60. The number of anilines is 1. The molecule has 0 aliphatic carbocycles. The van der Waals surface area contributed by atoms with Crippen LogP contribution < -0.4 is 16.6 Å². The van der Waals surface area contributed by atoms with E-state index < -0.39 is 0 Å². The summed E-state index contributed by atoms with van der Waals surface area (Å²) in [6.07, 6.45) is 0.890. The number of nitrogens with zero attached hydrogens (tertiary/aromatic N) is 2. The highest BCUT2D eigenvalue weighted by molar-refractivity contribution is 5.91. The van der Waals surface area contributed by atoms with Crippen LogP contribution in [0, 0.1) is 6.92 Å². The van der Waals surface area contributed by atoms with Gasteiger partial charge in [0.25, 0.3) is 5.56 Å². The first-order valence-corrected chi connectivity index (χ1v) is 7.31. The fourth-order valence-electron chi connectivity index (χ4n) is 2.27. The third-order valence-corrected chi connectivity index (χ3v) is 3.65. The maximum atomic E-state index is 12.6. The summed E-state index contributed by atoms with van der Waals surface area (Å²) in [5.41, 5.74) is 7.20. The largest absolute Gasteiger partial charge is 0.328 e. The number of amides is 1. The van der Waals surface area contributed by atoms with Crippen LogP contribution in [0.25, 0.3) is 5.69 Å². The van der Waals surface area contributed by atoms with Crippen molar-refractivity contribution in [1.29, 1.82) is 0 Å². The molecule has 2 aromatic rings. The van der Waals surface area contributed by atoms with Crippen molar-refractivity contribution in [3.8, 4) is 5.69 Å². The van der Waals surface area contributed by atoms with E-state index in [2.05, 4.69) is 5.32 Å². The number of para-hydroxylation sites is 1. The molecule has 0 saturated heterocycles. The molecule has 2 rings (SSSR count). The van der Waals surface area contributed by atoms with E-state index in [0.29, 0.717) is 24.2 Å². The Hall–Kier alpha value is -2.05. The number of rotatable bonds is 5. The number of carbonyl (C=O) groups is 1. The number of carbonyl (C=O) groups excluding carboxylic acids is 1. The lowest BCUT2D eigenvalue weighted by Crippen LogP contribution is -2.24. The zero-order valence-electron chi connectivity index (χ0n) is 13.6. The lowest BCUT2D eigenvalue weighted by molar-refractivity contribution is -0.116. The normalized spacial score (nSPS) is 11.7. The van der Waals surface area contributed by atoms with Crippen LogP contribution in [0.15, 0.2) is 35.1 Å². The number of nitrogens with one attached hydrogen (secondary N) is 1. The van der Waals surface area contributed by atoms with Crippen molar-refractivity contribution >= 4 is 24.0 Å². The predicted octanol–water partition coefficient (Wildman–Crippen LogP) is 1.97. The van der Waals surface area contributed by atoms with E-state index in [4.69, 9.17) is 5.73 Å². The Morgan fingerprint density at radius 2 is 1.91 bits per heavy atom. The van der Waals surface area contributed by atoms with Crippen LogP contribution in [0.2, 0.25) is 0 Å². The molecular weight excluding hydrogens is 316 g/mol. The highest BCUT2D eigenvalue weighted by atomic mass is 35.5. The van der Waals surface area contributed by atoms with Crippen LogP contribution in [0.4, 0.5) is 5.69 Å². The monoisotopic (exact) mass is 338 g/mol. The maximum Gasteiger partial charge on any atom is 0.295 e. The fraction of sp³-hybridized carbons (Fsp3) is 0.375. The third kappa shape index (κ3) is 4.24. The van der Waals surface area contributed by atoms with E-state index in [9.17, 15) is 9.59 Å². The second-order valence-corrected chi connectivity index (χ2v) is 5.50. The zero-order valence-corrected chi connectivity index (χ0v) is 14.4. The van der Waals surface area contributed by atoms with Crippen molar-refractivity contribution in [3.63, 3.8) is 0 Å². The van der Waals surface area contributed by atoms with Crippen LogP contribution in [-0.4, -0.2) is 21.3 Å². The molecule has 126 valence electrons. The molecule has 0 fully saturated rings. The predicted molar refractivity (Wildman–Crippen MR) is 94.5 cm³/mol. The summed E-state index contributed by atoms with van der Waals surface area (Å²) in [6.45, 7) is 3.66. The van der Waals surface area contributed by atoms with Gasteiger partial charge >= 0.3 is 0 Å². The van der Waals surface area contributed by atoms with Gasteiger partial charge in [0.05, 0.1) is 11.4 Å². The summed E-state index contributed by atoms with van der Waals surface area (Å²) in [5.74, 6) is -0.191. The molecule has 0 bridgehead atoms. The van der Waals surface area contributed by atoms with E-state index in [-0.39, 0.29) is 29.9 Å². The molecule has 1 aromatic carbocycles. The number of nitrogens with two attached hydrogens (primary N) is 1. The van der Waals surface area contributed by atoms with Gasteiger partial charge in [-0.3, -0.25) is 14.3 Å². The third-order valence-electron chi connectivity index (χ3n) is 3.65. The SMILES string of the molecule is Cc1c(NC(=O)CCC(C)N)c(=O)n(-c2ccccc2)n1C.Cl. The van der Waals surface area contributed by atoms with Crippen molar-refractivity contribution in [1.82, 2.24) is 9.36 Å². The summed E-state index contributed by atoms with van der Waals surface area (Å²) in [6, 6.07) is 9.28. The summed E-state index contributed by atoms with van der Waals surface area (Å²) < 4.78 is 3.27. The zero-order chi connectivity index (χ0) is 16.3. The first-order chi connectivity index (χ1) is 10.4. The molecule has 0 radical (unpaired) electrons. The van der Waals surface area contributed by atoms with Crippen LogP contribution >= 0.6 is 12.4 Å². The minimum Gasteiger partial charge on any atom is -0.328 e. The molecule has 0 aliphatic heterocycles. The van der Waals surface area contributed by atoms with Gasteiger partial charge in [0, 0.05) is 19.5 Å². The molecule has 7 heteroatoms. The lowest BCUT2D eigenvalue weighted by atomic mass is 10.2. The first-order valence-electron chi connectivity index (χ1n) is 7.31. The topological polar surface area (TPSA) is 82.1 Å². The van der Waals surface area contributed by atoms with E-state index in [1.807, 2.05) is 44.2 Å². The highest BCUT2D eigenvalue weighted by Gasteiger charge is 2.17. The second kappa shape index (κ2) is 7.99. The molecule has 6 nitrogen and oxygen atoms in total. The molecule has 1 atom stereocenters. The summed E-state index contributed by atoms with van der Waals surface area (Å²) >= 11 is 0. The molecule has 1 heterocycles. The number of aromatic nitrogens is 2. The van der Waals surface area contributed by atoms with Crippen molar-refractivity contribution in [2.45, 2.75) is 32.7 Å². The fourth-order valence-corrected chi connectivity index (χ4v) is 2.27. The molecule has 3 N–H and O–H groups in total. The Morgan fingerprint density at radius 3 is 2.48 bits per heavy atom. The highest BCUT2D eigenvalue weighted by Crippen LogP contribution is 2.14. The molecule has 1 aromatic heterocycles. The van der Waals surface area contributed by atoms with Crippen molar-refractivity contribution < 1.29 is 4.79 Å². The van der Waals surface area contributed by atoms with Gasteiger partial charge in [-0.05, 0) is 32.4 Å². The van der Waals surface area contributed by atoms with Crippen LogP contribution in [-0.2, 0) is 11.8 Å².